The first-order chi connectivity index (χ1) is 5.20. The van der Waals surface area contributed by atoms with E-state index < -0.39 is 15.3 Å². The maximum absolute atomic E-state index is 8.36. The van der Waals surface area contributed by atoms with Gasteiger partial charge < -0.3 is 15.6 Å². The third-order valence-electron chi connectivity index (χ3n) is 0. The van der Waals surface area contributed by atoms with Crippen LogP contribution in [0.2, 0.25) is 0 Å². The monoisotopic (exact) mass is 215 g/mol. The highest BCUT2D eigenvalue weighted by Crippen LogP contribution is 1.39. The average molecular weight is 215 g/mol. The van der Waals surface area contributed by atoms with Gasteiger partial charge in [-0.15, -0.1) is 30.3 Å². The Balaban J connectivity index is -0.0000000450. The van der Waals surface area contributed by atoms with E-state index in [1.165, 1.54) is 0 Å². The first kappa shape index (κ1) is 22.5. The lowest BCUT2D eigenvalue weighted by atomic mass is 13.1. The fourth-order valence-electron chi connectivity index (χ4n) is 0. The summed E-state index contributed by atoms with van der Waals surface area (Å²) in [5.74, 6) is 0. The summed E-state index contributed by atoms with van der Waals surface area (Å²) in [7, 11) is 0. The maximum atomic E-state index is 8.36. The van der Waals surface area contributed by atoms with E-state index in [1.807, 2.05) is 0 Å². The van der Waals surface area contributed by atoms with Gasteiger partial charge in [-0.05, 0) is 0 Å². The van der Waals surface area contributed by atoms with E-state index >= 15 is 0 Å². The van der Waals surface area contributed by atoms with Gasteiger partial charge in [0.05, 0.1) is 0 Å². The summed E-state index contributed by atoms with van der Waals surface area (Å²) in [6, 6.07) is 0. The van der Waals surface area contributed by atoms with Crippen LogP contribution in [0.25, 0.3) is 0 Å². The second-order valence-corrected chi connectivity index (χ2v) is 0.714. The Morgan fingerprint density at radius 3 is 0.692 bits per heavy atom. The van der Waals surface area contributed by atoms with Crippen molar-refractivity contribution in [3.63, 3.8) is 0 Å². The number of nitrogens with zero attached hydrogens (tertiary/aromatic N) is 3. The van der Waals surface area contributed by atoms with Gasteiger partial charge >= 0.3 is 23.1 Å². The molecule has 0 unspecified atom stereocenters. The molecule has 0 bridgehead atoms. The third kappa shape index (κ3) is 272. The summed E-state index contributed by atoms with van der Waals surface area (Å²) in [5.41, 5.74) is 0. The Hall–Kier alpha value is -1.63. The summed E-state index contributed by atoms with van der Waals surface area (Å²) >= 11 is 0. The summed E-state index contributed by atoms with van der Waals surface area (Å²) < 4.78 is 0. The summed E-state index contributed by atoms with van der Waals surface area (Å²) in [5, 5.41) is 40.9. The molecule has 0 fully saturated rings. The first-order valence-electron chi connectivity index (χ1n) is 1.70. The molecule has 0 atom stereocenters. The Labute approximate surface area is 84.9 Å². The van der Waals surface area contributed by atoms with Crippen molar-refractivity contribution < 1.29 is 30.9 Å². The molecule has 0 rings (SSSR count). The Kier molecular flexibility index (Phi) is 29.0. The van der Waals surface area contributed by atoms with Crippen LogP contribution in [0.4, 0.5) is 0 Å². The van der Waals surface area contributed by atoms with Crippen molar-refractivity contribution in [2.75, 3.05) is 0 Å². The standard InChI is InChI=1S/Mg.3HNO3.2H/c;3*2-1(3)4;;/h;3*(H,2,3,4);;. The molecular formula is H5MgN3O9. The minimum Gasteiger partial charge on any atom is -0.328 e. The second kappa shape index (κ2) is 16.8. The van der Waals surface area contributed by atoms with E-state index in [-0.39, 0.29) is 23.1 Å². The topological polar surface area (TPSA) is 190 Å². The van der Waals surface area contributed by atoms with E-state index in [4.69, 9.17) is 46.0 Å². The molecule has 0 spiro atoms. The zero-order valence-corrected chi connectivity index (χ0v) is 5.13. The lowest BCUT2D eigenvalue weighted by molar-refractivity contribution is -0.742. The highest BCUT2D eigenvalue weighted by Gasteiger charge is 1.66. The number of hydrogen-bond acceptors (Lipinski definition) is 6. The molecule has 0 saturated carbocycles. The van der Waals surface area contributed by atoms with Crippen LogP contribution < -0.4 is 0 Å². The predicted octanol–water partition coefficient (Wildman–Crippen LogP) is -1.96. The van der Waals surface area contributed by atoms with Crippen molar-refractivity contribution in [2.24, 2.45) is 0 Å². The fourth-order valence-corrected chi connectivity index (χ4v) is 0. The Morgan fingerprint density at radius 1 is 0.692 bits per heavy atom. The van der Waals surface area contributed by atoms with Crippen molar-refractivity contribution in [3.8, 4) is 0 Å². The molecule has 0 aliphatic heterocycles. The lowest BCUT2D eigenvalue weighted by Gasteiger charge is -1.56. The Morgan fingerprint density at radius 2 is 0.692 bits per heavy atom. The molecule has 3 N–H and O–H groups in total. The van der Waals surface area contributed by atoms with Crippen LogP contribution in [0.5, 0.6) is 0 Å². The average Bonchev–Trinajstić information content (AvgIpc) is 1.54. The van der Waals surface area contributed by atoms with Crippen LogP contribution in [-0.4, -0.2) is 53.9 Å². The zero-order valence-electron chi connectivity index (χ0n) is 5.13. The highest BCUT2D eigenvalue weighted by atomic mass is 24.3. The zero-order chi connectivity index (χ0) is 10.7. The smallest absolute Gasteiger partial charge is 0.316 e. The van der Waals surface area contributed by atoms with E-state index in [2.05, 4.69) is 0 Å². The van der Waals surface area contributed by atoms with Crippen molar-refractivity contribution in [3.05, 3.63) is 30.3 Å². The van der Waals surface area contributed by atoms with Gasteiger partial charge in [0.15, 0.2) is 0 Å². The minimum atomic E-state index is -1.50. The van der Waals surface area contributed by atoms with Crippen LogP contribution in [-0.2, 0) is 0 Å². The van der Waals surface area contributed by atoms with Crippen molar-refractivity contribution in [2.45, 2.75) is 0 Å². The molecule has 0 heterocycles. The molecule has 0 aromatic heterocycles. The normalized spacial score (nSPS) is 5.54. The van der Waals surface area contributed by atoms with E-state index in [0.29, 0.717) is 0 Å². The summed E-state index contributed by atoms with van der Waals surface area (Å²) in [6.45, 7) is 0. The van der Waals surface area contributed by atoms with Crippen LogP contribution >= 0.6 is 0 Å². The molecule has 0 aliphatic carbocycles. The van der Waals surface area contributed by atoms with Gasteiger partial charge in [-0.1, -0.05) is 0 Å². The van der Waals surface area contributed by atoms with Crippen LogP contribution in [0.15, 0.2) is 0 Å². The Bertz CT molecular complexity index is 112. The van der Waals surface area contributed by atoms with Gasteiger partial charge in [0.1, 0.15) is 0 Å². The molecule has 0 radical (unpaired) electrons. The first-order valence-corrected chi connectivity index (χ1v) is 1.70. The lowest BCUT2D eigenvalue weighted by Crippen LogP contribution is -1.81. The molecule has 13 heteroatoms. The SMILES string of the molecule is O=[N+]([O-])O.O=[N+]([O-])O.O=[N+]([O-])O.[MgH2]. The fraction of sp³-hybridized carbons (Fsp3) is 0. The van der Waals surface area contributed by atoms with Gasteiger partial charge in [-0.25, -0.2) is 0 Å². The van der Waals surface area contributed by atoms with Crippen molar-refractivity contribution in [1.82, 2.24) is 0 Å². The van der Waals surface area contributed by atoms with Crippen LogP contribution in [0, 0.1) is 30.3 Å². The minimum absolute atomic E-state index is 0. The molecular weight excluding hydrogens is 210 g/mol. The second-order valence-electron chi connectivity index (χ2n) is 0.714. The van der Waals surface area contributed by atoms with E-state index in [9.17, 15) is 0 Å². The molecule has 13 heavy (non-hydrogen) atoms. The van der Waals surface area contributed by atoms with Gasteiger partial charge in [-0.2, -0.15) is 0 Å². The van der Waals surface area contributed by atoms with Gasteiger partial charge in [0.2, 0.25) is 0 Å². The molecule has 0 saturated heterocycles. The predicted molar refractivity (Wildman–Crippen MR) is 34.9 cm³/mol. The number of rotatable bonds is 0. The largest absolute Gasteiger partial charge is 0.328 e. The molecule has 76 valence electrons. The van der Waals surface area contributed by atoms with Gasteiger partial charge in [0, 0.05) is 0 Å². The van der Waals surface area contributed by atoms with Crippen molar-refractivity contribution >= 4 is 23.1 Å². The van der Waals surface area contributed by atoms with Crippen LogP contribution in [0.1, 0.15) is 0 Å². The van der Waals surface area contributed by atoms with Gasteiger partial charge in [0.25, 0.3) is 15.3 Å². The summed E-state index contributed by atoms with van der Waals surface area (Å²) in [4.78, 5) is 25.1. The molecule has 0 aromatic rings. The third-order valence-corrected chi connectivity index (χ3v) is 0. The molecule has 0 aromatic carbocycles. The van der Waals surface area contributed by atoms with Crippen molar-refractivity contribution in [1.29, 1.82) is 0 Å². The van der Waals surface area contributed by atoms with Crippen LogP contribution in [0.3, 0.4) is 0 Å². The van der Waals surface area contributed by atoms with Gasteiger partial charge in [-0.3, -0.25) is 0 Å². The number of hydrogen-bond donors (Lipinski definition) is 3. The van der Waals surface area contributed by atoms with E-state index in [1.54, 1.807) is 0 Å². The maximum Gasteiger partial charge on any atom is 0.316 e. The molecule has 0 amide bonds. The summed E-state index contributed by atoms with van der Waals surface area (Å²) in [6.07, 6.45) is 0. The quantitative estimate of drug-likeness (QED) is 0.234. The highest BCUT2D eigenvalue weighted by molar-refractivity contribution is 5.75. The van der Waals surface area contributed by atoms with E-state index in [0.717, 1.165) is 0 Å². The molecule has 0 aliphatic rings. The molecule has 12 nitrogen and oxygen atoms in total.